The van der Waals surface area contributed by atoms with E-state index >= 15 is 0 Å². The molecule has 11 heteroatoms. The molecule has 148 valence electrons. The first-order chi connectivity index (χ1) is 13.4. The molecule has 1 heterocycles. The number of hydrogen-bond acceptors (Lipinski definition) is 7. The van der Waals surface area contributed by atoms with E-state index in [-0.39, 0.29) is 16.4 Å². The number of carbonyl (C=O) groups is 1. The summed E-state index contributed by atoms with van der Waals surface area (Å²) in [6, 6.07) is 12.5. The highest BCUT2D eigenvalue weighted by molar-refractivity contribution is 7.92. The zero-order valence-corrected chi connectivity index (χ0v) is 16.0. The molecule has 0 saturated carbocycles. The van der Waals surface area contributed by atoms with Crippen molar-refractivity contribution < 1.29 is 27.6 Å². The van der Waals surface area contributed by atoms with Crippen molar-refractivity contribution in [1.29, 1.82) is 0 Å². The van der Waals surface area contributed by atoms with Gasteiger partial charge < -0.3 is 14.8 Å². The van der Waals surface area contributed by atoms with Gasteiger partial charge in [-0.3, -0.25) is 9.69 Å². The van der Waals surface area contributed by atoms with E-state index in [2.05, 4.69) is 10.1 Å². The molecule has 0 fully saturated rings. The average molecular weight is 406 g/mol. The lowest BCUT2D eigenvalue weighted by molar-refractivity contribution is -0.546. The average Bonchev–Trinajstić information content (AvgIpc) is 3.09. The Balaban J connectivity index is 1.95. The maximum Gasteiger partial charge on any atom is 0.298 e. The molecule has 0 radical (unpaired) electrons. The van der Waals surface area contributed by atoms with Crippen LogP contribution in [0.5, 0.6) is 5.75 Å². The minimum atomic E-state index is -3.94. The lowest BCUT2D eigenvalue weighted by atomic mass is 10.2. The van der Waals surface area contributed by atoms with E-state index in [9.17, 15) is 18.4 Å². The van der Waals surface area contributed by atoms with Crippen molar-refractivity contribution in [3.63, 3.8) is 0 Å². The molecule has 10 nitrogen and oxygen atoms in total. The van der Waals surface area contributed by atoms with Crippen LogP contribution in [0.3, 0.4) is 0 Å². The molecular weight excluding hydrogens is 388 g/mol. The van der Waals surface area contributed by atoms with Gasteiger partial charge in [-0.1, -0.05) is 12.1 Å². The number of sulfonamides is 1. The largest absolute Gasteiger partial charge is 0.597 e. The van der Waals surface area contributed by atoms with Gasteiger partial charge in [-0.05, 0) is 41.3 Å². The number of rotatable bonds is 6. The van der Waals surface area contributed by atoms with Crippen LogP contribution in [-0.4, -0.2) is 46.6 Å². The molecule has 0 spiro atoms. The van der Waals surface area contributed by atoms with Crippen LogP contribution in [0.4, 0.5) is 11.4 Å². The number of nitrogens with zero attached hydrogens (tertiary/aromatic N) is 4. The molecule has 2 aromatic carbocycles. The molecular formula is C17H18N4O6S. The second kappa shape index (κ2) is 7.72. The predicted octanol–water partition coefficient (Wildman–Crippen LogP) is 1.72. The molecule has 0 N–H and O–H groups in total. The smallest absolute Gasteiger partial charge is 0.298 e. The fraction of sp³-hybridized carbons (Fsp3) is 0.235. The van der Waals surface area contributed by atoms with Crippen LogP contribution in [0.2, 0.25) is 0 Å². The standard InChI is InChI=1S/C17H18N4O6S/c1-26-13-7-9-14(10-8-13)28(24,25)20-12-19(15-5-3-4-6-16(15)20)17(22)11-21(23)18-27-2/h3-10H,11-12H2,1-2H3/b21-18-. The summed E-state index contributed by atoms with van der Waals surface area (Å²) in [5.74, 6) is -0.0920. The van der Waals surface area contributed by atoms with E-state index in [0.717, 1.165) is 4.31 Å². The zero-order valence-electron chi connectivity index (χ0n) is 15.2. The number of para-hydroxylation sites is 2. The van der Waals surface area contributed by atoms with Crippen molar-refractivity contribution in [1.82, 2.24) is 0 Å². The molecule has 0 aromatic heterocycles. The second-order valence-corrected chi connectivity index (χ2v) is 7.62. The Morgan fingerprint density at radius 1 is 1.14 bits per heavy atom. The fourth-order valence-electron chi connectivity index (χ4n) is 2.80. The molecule has 1 amide bonds. The van der Waals surface area contributed by atoms with Gasteiger partial charge in [0, 0.05) is 0 Å². The lowest BCUT2D eigenvalue weighted by Crippen LogP contribution is -2.41. The highest BCUT2D eigenvalue weighted by atomic mass is 32.2. The van der Waals surface area contributed by atoms with Crippen molar-refractivity contribution in [2.24, 2.45) is 5.28 Å². The number of benzene rings is 2. The highest BCUT2D eigenvalue weighted by Gasteiger charge is 2.38. The summed E-state index contributed by atoms with van der Waals surface area (Å²) in [7, 11) is -1.27. The molecule has 0 saturated heterocycles. The Kier molecular flexibility index (Phi) is 5.36. The lowest BCUT2D eigenvalue weighted by Gasteiger charge is -2.20. The summed E-state index contributed by atoms with van der Waals surface area (Å²) < 4.78 is 32.4. The second-order valence-electron chi connectivity index (χ2n) is 5.76. The molecule has 0 atom stereocenters. The van der Waals surface area contributed by atoms with Crippen LogP contribution in [-0.2, 0) is 19.7 Å². The monoisotopic (exact) mass is 406 g/mol. The third kappa shape index (κ3) is 3.56. The Hall–Kier alpha value is -3.34. The zero-order chi connectivity index (χ0) is 20.3. The van der Waals surface area contributed by atoms with E-state index < -0.39 is 22.5 Å². The van der Waals surface area contributed by atoms with Crippen LogP contribution in [0.1, 0.15) is 0 Å². The summed E-state index contributed by atoms with van der Waals surface area (Å²) >= 11 is 0. The Labute approximate surface area is 161 Å². The van der Waals surface area contributed by atoms with Crippen LogP contribution in [0, 0.1) is 5.21 Å². The summed E-state index contributed by atoms with van der Waals surface area (Å²) in [5, 5.41) is 14.6. The van der Waals surface area contributed by atoms with Gasteiger partial charge in [-0.2, -0.15) is 0 Å². The van der Waals surface area contributed by atoms with Crippen LogP contribution in [0.15, 0.2) is 58.7 Å². The SMILES string of the molecule is CO/N=[N+](\[O-])CC(=O)N1CN(S(=O)(=O)c2ccc(OC)cc2)c2ccccc21. The Morgan fingerprint density at radius 3 is 2.39 bits per heavy atom. The number of fused-ring (bicyclic) bond motifs is 1. The van der Waals surface area contributed by atoms with Gasteiger partial charge in [0.25, 0.3) is 22.5 Å². The maximum absolute atomic E-state index is 13.1. The topological polar surface area (TPSA) is 115 Å². The van der Waals surface area contributed by atoms with Crippen molar-refractivity contribution >= 4 is 27.3 Å². The first-order valence-electron chi connectivity index (χ1n) is 8.13. The number of amides is 1. The normalized spacial score (nSPS) is 14.0. The maximum atomic E-state index is 13.1. The number of hydroxylamine groups is 1. The van der Waals surface area contributed by atoms with E-state index in [1.165, 1.54) is 31.3 Å². The van der Waals surface area contributed by atoms with E-state index in [0.29, 0.717) is 17.1 Å². The highest BCUT2D eigenvalue weighted by Crippen LogP contribution is 2.39. The fourth-order valence-corrected chi connectivity index (χ4v) is 4.21. The summed E-state index contributed by atoms with van der Waals surface area (Å²) in [6.07, 6.45) is 0. The van der Waals surface area contributed by atoms with Gasteiger partial charge in [-0.25, -0.2) is 12.7 Å². The van der Waals surface area contributed by atoms with Crippen LogP contribution in [0.25, 0.3) is 0 Å². The van der Waals surface area contributed by atoms with Crippen molar-refractivity contribution in [2.75, 3.05) is 36.6 Å². The van der Waals surface area contributed by atoms with E-state index in [1.54, 1.807) is 36.4 Å². The minimum Gasteiger partial charge on any atom is -0.597 e. The number of hydrogen-bond donors (Lipinski definition) is 0. The molecule has 0 bridgehead atoms. The molecule has 2 aromatic rings. The van der Waals surface area contributed by atoms with Gasteiger partial charge >= 0.3 is 0 Å². The van der Waals surface area contributed by atoms with Gasteiger partial charge in [0.1, 0.15) is 19.5 Å². The van der Waals surface area contributed by atoms with Gasteiger partial charge in [0.05, 0.1) is 23.4 Å². The molecule has 0 unspecified atom stereocenters. The first kappa shape index (κ1) is 19.4. The van der Waals surface area contributed by atoms with Gasteiger partial charge in [-0.15, -0.1) is 0 Å². The molecule has 1 aliphatic heterocycles. The Bertz CT molecular complexity index is 1010. The number of carbonyl (C=O) groups excluding carboxylic acids is 1. The first-order valence-corrected chi connectivity index (χ1v) is 9.57. The van der Waals surface area contributed by atoms with Crippen LogP contribution >= 0.6 is 0 Å². The molecule has 3 rings (SSSR count). The van der Waals surface area contributed by atoms with Gasteiger partial charge in [0.15, 0.2) is 5.28 Å². The number of methoxy groups -OCH3 is 1. The van der Waals surface area contributed by atoms with Crippen molar-refractivity contribution in [2.45, 2.75) is 4.90 Å². The van der Waals surface area contributed by atoms with Crippen molar-refractivity contribution in [3.05, 3.63) is 53.7 Å². The third-order valence-corrected chi connectivity index (χ3v) is 5.86. The summed E-state index contributed by atoms with van der Waals surface area (Å²) in [5.41, 5.74) is 0.725. The minimum absolute atomic E-state index is 0.0530. The quantitative estimate of drug-likeness (QED) is 0.410. The number of anilines is 2. The predicted molar refractivity (Wildman–Crippen MR) is 99.4 cm³/mol. The van der Waals surface area contributed by atoms with Crippen molar-refractivity contribution in [3.8, 4) is 5.75 Å². The molecule has 0 aliphatic carbocycles. The Morgan fingerprint density at radius 2 is 1.79 bits per heavy atom. The molecule has 1 aliphatic rings. The van der Waals surface area contributed by atoms with Gasteiger partial charge in [0.2, 0.25) is 0 Å². The van der Waals surface area contributed by atoms with Crippen LogP contribution < -0.4 is 13.9 Å². The summed E-state index contributed by atoms with van der Waals surface area (Å²) in [4.78, 5) is 18.2. The van der Waals surface area contributed by atoms with E-state index in [4.69, 9.17) is 4.74 Å². The number of ether oxygens (including phenoxy) is 1. The van der Waals surface area contributed by atoms with E-state index in [1.807, 2.05) is 0 Å². The third-order valence-electron chi connectivity index (χ3n) is 4.10. The molecule has 28 heavy (non-hydrogen) atoms. The summed E-state index contributed by atoms with van der Waals surface area (Å²) in [6.45, 7) is -0.869.